The Bertz CT molecular complexity index is 709. The maximum Gasteiger partial charge on any atom is 0.407 e. The van der Waals surface area contributed by atoms with Gasteiger partial charge in [-0.15, -0.1) is 0 Å². The van der Waals surface area contributed by atoms with Crippen LogP contribution in [0.15, 0.2) is 24.3 Å². The number of alkyl carbamates (subject to hydrolysis) is 1. The molecule has 0 aromatic heterocycles. The van der Waals surface area contributed by atoms with Crippen molar-refractivity contribution in [3.63, 3.8) is 0 Å². The van der Waals surface area contributed by atoms with E-state index in [1.54, 1.807) is 27.7 Å². The van der Waals surface area contributed by atoms with Crippen LogP contribution in [-0.2, 0) is 19.0 Å². The Hall–Kier alpha value is -3.17. The molecule has 28 heavy (non-hydrogen) atoms. The molecule has 1 N–H and O–H groups in total. The summed E-state index contributed by atoms with van der Waals surface area (Å²) in [6.07, 6.45) is -2.01. The maximum atomic E-state index is 12.3. The highest BCUT2D eigenvalue weighted by Gasteiger charge is 2.23. The number of nitro groups is 1. The van der Waals surface area contributed by atoms with E-state index in [2.05, 4.69) is 5.32 Å². The molecule has 10 heteroatoms. The van der Waals surface area contributed by atoms with Gasteiger partial charge in [-0.05, 0) is 39.8 Å². The van der Waals surface area contributed by atoms with E-state index in [9.17, 15) is 24.5 Å². The Morgan fingerprint density at radius 1 is 1.18 bits per heavy atom. The molecule has 0 heterocycles. The lowest BCUT2D eigenvalue weighted by atomic mass is 10.2. The molecule has 1 aromatic carbocycles. The molecule has 1 amide bonds. The molecule has 1 rings (SSSR count). The Balaban J connectivity index is 2.77. The number of amides is 1. The van der Waals surface area contributed by atoms with E-state index < -0.39 is 34.7 Å². The first-order chi connectivity index (χ1) is 13.0. The van der Waals surface area contributed by atoms with Crippen molar-refractivity contribution in [2.45, 2.75) is 45.8 Å². The highest BCUT2D eigenvalue weighted by atomic mass is 16.6. The number of esters is 2. The molecular formula is C18H24N2O8. The summed E-state index contributed by atoms with van der Waals surface area (Å²) in [7, 11) is 0. The third kappa shape index (κ3) is 8.47. The van der Waals surface area contributed by atoms with Crippen LogP contribution in [0.25, 0.3) is 0 Å². The highest BCUT2D eigenvalue weighted by molar-refractivity contribution is 5.90. The number of non-ortho nitro benzene ring substituents is 1. The van der Waals surface area contributed by atoms with Crippen LogP contribution in [0, 0.1) is 10.1 Å². The van der Waals surface area contributed by atoms with E-state index in [1.807, 2.05) is 0 Å². The summed E-state index contributed by atoms with van der Waals surface area (Å²) in [5.41, 5.74) is -0.821. The number of hydrogen-bond acceptors (Lipinski definition) is 8. The lowest BCUT2D eigenvalue weighted by Gasteiger charge is -2.22. The molecule has 1 aromatic rings. The van der Waals surface area contributed by atoms with E-state index in [0.717, 1.165) is 12.1 Å². The van der Waals surface area contributed by atoms with Crippen molar-refractivity contribution < 1.29 is 33.5 Å². The molecule has 0 radical (unpaired) electrons. The van der Waals surface area contributed by atoms with Gasteiger partial charge in [-0.2, -0.15) is 0 Å². The van der Waals surface area contributed by atoms with E-state index in [0.29, 0.717) is 0 Å². The molecule has 0 aliphatic carbocycles. The minimum atomic E-state index is -1.01. The fraction of sp³-hybridized carbons (Fsp3) is 0.500. The van der Waals surface area contributed by atoms with Gasteiger partial charge in [-0.25, -0.2) is 9.59 Å². The summed E-state index contributed by atoms with van der Waals surface area (Å²) >= 11 is 0. The van der Waals surface area contributed by atoms with Gasteiger partial charge in [0.2, 0.25) is 0 Å². The van der Waals surface area contributed by atoms with Gasteiger partial charge in [0, 0.05) is 12.1 Å². The predicted molar refractivity (Wildman–Crippen MR) is 97.8 cm³/mol. The number of hydrogen-bond donors (Lipinski definition) is 1. The zero-order valence-corrected chi connectivity index (χ0v) is 16.2. The van der Waals surface area contributed by atoms with Crippen LogP contribution in [-0.4, -0.2) is 47.8 Å². The second kappa shape index (κ2) is 10.2. The molecule has 10 nitrogen and oxygen atoms in total. The summed E-state index contributed by atoms with van der Waals surface area (Å²) in [6.45, 7) is 6.69. The molecule has 0 aliphatic heterocycles. The minimum absolute atomic E-state index is 0.0664. The zero-order valence-electron chi connectivity index (χ0n) is 16.2. The van der Waals surface area contributed by atoms with Gasteiger partial charge in [0.05, 0.1) is 30.1 Å². The number of rotatable bonds is 8. The molecule has 0 saturated carbocycles. The number of nitro benzene ring substituents is 1. The number of nitrogens with zero attached hydrogens (tertiary/aromatic N) is 1. The third-order valence-corrected chi connectivity index (χ3v) is 3.16. The predicted octanol–water partition coefficient (Wildman–Crippen LogP) is 2.60. The molecule has 0 fully saturated rings. The van der Waals surface area contributed by atoms with Crippen molar-refractivity contribution in [2.24, 2.45) is 0 Å². The topological polar surface area (TPSA) is 134 Å². The van der Waals surface area contributed by atoms with Gasteiger partial charge >= 0.3 is 18.0 Å². The van der Waals surface area contributed by atoms with Crippen molar-refractivity contribution >= 4 is 23.7 Å². The molecule has 0 saturated heterocycles. The van der Waals surface area contributed by atoms with Crippen molar-refractivity contribution in [3.05, 3.63) is 39.9 Å². The van der Waals surface area contributed by atoms with Crippen molar-refractivity contribution in [3.8, 4) is 0 Å². The molecule has 154 valence electrons. The van der Waals surface area contributed by atoms with Crippen LogP contribution >= 0.6 is 0 Å². The fourth-order valence-electron chi connectivity index (χ4n) is 2.01. The van der Waals surface area contributed by atoms with Crippen molar-refractivity contribution in [2.75, 3.05) is 13.2 Å². The second-order valence-electron chi connectivity index (χ2n) is 6.72. The normalized spacial score (nSPS) is 11.9. The van der Waals surface area contributed by atoms with Crippen LogP contribution in [0.1, 0.15) is 44.5 Å². The molecule has 1 unspecified atom stereocenters. The monoisotopic (exact) mass is 396 g/mol. The lowest BCUT2D eigenvalue weighted by Crippen LogP contribution is -2.39. The van der Waals surface area contributed by atoms with Crippen LogP contribution in [0.5, 0.6) is 0 Å². The van der Waals surface area contributed by atoms with Crippen LogP contribution in [0.2, 0.25) is 0 Å². The molecular weight excluding hydrogens is 372 g/mol. The van der Waals surface area contributed by atoms with E-state index in [1.165, 1.54) is 12.1 Å². The van der Waals surface area contributed by atoms with Crippen LogP contribution < -0.4 is 5.32 Å². The highest BCUT2D eigenvalue weighted by Crippen LogP contribution is 2.14. The summed E-state index contributed by atoms with van der Waals surface area (Å²) in [5, 5.41) is 13.1. The summed E-state index contributed by atoms with van der Waals surface area (Å²) in [5.74, 6) is -1.40. The van der Waals surface area contributed by atoms with Gasteiger partial charge in [0.15, 0.2) is 0 Å². The molecule has 1 atom stereocenters. The maximum absolute atomic E-state index is 12.3. The van der Waals surface area contributed by atoms with Gasteiger partial charge in [-0.3, -0.25) is 14.9 Å². The zero-order chi connectivity index (χ0) is 21.3. The first kappa shape index (κ1) is 22.9. The van der Waals surface area contributed by atoms with Crippen LogP contribution in [0.4, 0.5) is 10.5 Å². The van der Waals surface area contributed by atoms with Gasteiger partial charge in [-0.1, -0.05) is 0 Å². The molecule has 0 bridgehead atoms. The van der Waals surface area contributed by atoms with Crippen molar-refractivity contribution in [1.29, 1.82) is 0 Å². The second-order valence-corrected chi connectivity index (χ2v) is 6.72. The average molecular weight is 396 g/mol. The first-order valence-corrected chi connectivity index (χ1v) is 8.59. The number of carbonyl (C=O) groups excluding carboxylic acids is 3. The Kier molecular flexibility index (Phi) is 8.36. The Morgan fingerprint density at radius 3 is 2.29 bits per heavy atom. The lowest BCUT2D eigenvalue weighted by molar-refractivity contribution is -0.384. The molecule has 0 aliphatic rings. The third-order valence-electron chi connectivity index (χ3n) is 3.16. The van der Waals surface area contributed by atoms with Gasteiger partial charge < -0.3 is 19.5 Å². The first-order valence-electron chi connectivity index (χ1n) is 8.59. The van der Waals surface area contributed by atoms with E-state index in [-0.39, 0.29) is 30.8 Å². The largest absolute Gasteiger partial charge is 0.466 e. The average Bonchev–Trinajstić information content (AvgIpc) is 2.58. The Labute approximate surface area is 162 Å². The number of nitrogens with one attached hydrogen (secondary N) is 1. The van der Waals surface area contributed by atoms with Crippen molar-refractivity contribution in [1.82, 2.24) is 5.32 Å². The number of ether oxygens (including phenoxy) is 3. The van der Waals surface area contributed by atoms with Gasteiger partial charge in [0.1, 0.15) is 11.7 Å². The van der Waals surface area contributed by atoms with Gasteiger partial charge in [0.25, 0.3) is 5.69 Å². The standard InChI is InChI=1S/C18H24N2O8/c1-5-26-15(21)10-14(11-19-17(23)28-18(2,3)4)27-16(22)12-6-8-13(9-7-12)20(24)25/h6-9,14H,5,10-11H2,1-4H3,(H,19,23). The molecule has 0 spiro atoms. The Morgan fingerprint density at radius 2 is 1.79 bits per heavy atom. The van der Waals surface area contributed by atoms with E-state index in [4.69, 9.17) is 14.2 Å². The minimum Gasteiger partial charge on any atom is -0.466 e. The summed E-state index contributed by atoms with van der Waals surface area (Å²) < 4.78 is 15.2. The smallest absolute Gasteiger partial charge is 0.407 e. The number of benzene rings is 1. The fourth-order valence-corrected chi connectivity index (χ4v) is 2.01. The quantitative estimate of drug-likeness (QED) is 0.307. The van der Waals surface area contributed by atoms with Crippen LogP contribution in [0.3, 0.4) is 0 Å². The van der Waals surface area contributed by atoms with E-state index >= 15 is 0 Å². The SMILES string of the molecule is CCOC(=O)CC(CNC(=O)OC(C)(C)C)OC(=O)c1ccc([N+](=O)[O-])cc1. The summed E-state index contributed by atoms with van der Waals surface area (Å²) in [6, 6.07) is 4.80. The summed E-state index contributed by atoms with van der Waals surface area (Å²) in [4.78, 5) is 45.9. The number of carbonyl (C=O) groups is 3.